The molecule has 0 aliphatic rings. The van der Waals surface area contributed by atoms with Crippen molar-refractivity contribution in [2.45, 2.75) is 16.5 Å². The molecular formula is C13H10ClN3OS2. The molecule has 7 heteroatoms. The molecule has 0 unspecified atom stereocenters. The summed E-state index contributed by atoms with van der Waals surface area (Å²) in [5.41, 5.74) is 0.822. The molecule has 0 aliphatic heterocycles. The first-order chi connectivity index (χ1) is 9.72. The van der Waals surface area contributed by atoms with Gasteiger partial charge in [-0.15, -0.1) is 21.5 Å². The zero-order valence-electron chi connectivity index (χ0n) is 10.5. The summed E-state index contributed by atoms with van der Waals surface area (Å²) in [6.07, 6.45) is 1.78. The molecule has 0 bridgehead atoms. The topological polar surface area (TPSA) is 51.8 Å². The number of thioether (sulfide) groups is 1. The van der Waals surface area contributed by atoms with E-state index in [-0.39, 0.29) is 5.25 Å². The van der Waals surface area contributed by atoms with E-state index in [2.05, 4.69) is 15.2 Å². The molecule has 0 N–H and O–H groups in total. The van der Waals surface area contributed by atoms with E-state index in [1.807, 2.05) is 30.5 Å². The van der Waals surface area contributed by atoms with Crippen molar-refractivity contribution in [1.29, 1.82) is 0 Å². The lowest BCUT2D eigenvalue weighted by molar-refractivity contribution is 0.509. The lowest BCUT2D eigenvalue weighted by Gasteiger charge is -2.02. The van der Waals surface area contributed by atoms with E-state index in [1.54, 1.807) is 35.4 Å². The van der Waals surface area contributed by atoms with Crippen LogP contribution in [-0.2, 0) is 0 Å². The zero-order chi connectivity index (χ0) is 13.9. The highest BCUT2D eigenvalue weighted by Crippen LogP contribution is 2.36. The Labute approximate surface area is 129 Å². The van der Waals surface area contributed by atoms with Crippen molar-refractivity contribution >= 4 is 34.7 Å². The molecule has 0 saturated heterocycles. The molecule has 0 radical (unpaired) electrons. The summed E-state index contributed by atoms with van der Waals surface area (Å²) >= 11 is 9.15. The van der Waals surface area contributed by atoms with Gasteiger partial charge in [0.15, 0.2) is 4.34 Å². The standard InChI is InChI=1S/C13H10ClN3OS2/c1-8(20-13-15-5-6-19-13)11-16-17-12(18-11)9-3-2-4-10(14)7-9/h2-8H,1H3/t8-/m0/s1. The van der Waals surface area contributed by atoms with Crippen molar-refractivity contribution in [3.8, 4) is 11.5 Å². The number of nitrogens with zero attached hydrogens (tertiary/aromatic N) is 3. The molecule has 1 atom stereocenters. The van der Waals surface area contributed by atoms with Crippen LogP contribution in [0.15, 0.2) is 44.6 Å². The van der Waals surface area contributed by atoms with Crippen molar-refractivity contribution in [3.05, 3.63) is 46.8 Å². The normalized spacial score (nSPS) is 12.5. The molecule has 0 saturated carbocycles. The van der Waals surface area contributed by atoms with E-state index in [4.69, 9.17) is 16.0 Å². The van der Waals surface area contributed by atoms with Gasteiger partial charge in [-0.1, -0.05) is 29.4 Å². The van der Waals surface area contributed by atoms with Gasteiger partial charge in [0, 0.05) is 22.2 Å². The lowest BCUT2D eigenvalue weighted by Crippen LogP contribution is -1.87. The van der Waals surface area contributed by atoms with Crippen molar-refractivity contribution < 1.29 is 4.42 Å². The fourth-order valence-electron chi connectivity index (χ4n) is 1.61. The van der Waals surface area contributed by atoms with Crippen molar-refractivity contribution in [2.24, 2.45) is 0 Å². The molecule has 102 valence electrons. The second-order valence-corrected chi connectivity index (χ2v) is 6.93. The Bertz CT molecular complexity index is 699. The SMILES string of the molecule is C[C@H](Sc1nccs1)c1nnc(-c2cccc(Cl)c2)o1. The van der Waals surface area contributed by atoms with Gasteiger partial charge >= 0.3 is 0 Å². The highest BCUT2D eigenvalue weighted by atomic mass is 35.5. The van der Waals surface area contributed by atoms with Crippen molar-refractivity contribution in [2.75, 3.05) is 0 Å². The van der Waals surface area contributed by atoms with E-state index in [0.29, 0.717) is 16.8 Å². The minimum Gasteiger partial charge on any atom is -0.419 e. The van der Waals surface area contributed by atoms with Crippen LogP contribution < -0.4 is 0 Å². The van der Waals surface area contributed by atoms with Crippen LogP contribution in [0.1, 0.15) is 18.1 Å². The molecule has 0 spiro atoms. The number of benzene rings is 1. The van der Waals surface area contributed by atoms with Crippen LogP contribution in [0.2, 0.25) is 5.02 Å². The monoisotopic (exact) mass is 323 g/mol. The van der Waals surface area contributed by atoms with E-state index in [1.165, 1.54) is 0 Å². The maximum atomic E-state index is 5.96. The third-order valence-electron chi connectivity index (χ3n) is 2.55. The first kappa shape index (κ1) is 13.6. The van der Waals surface area contributed by atoms with Gasteiger partial charge in [0.05, 0.1) is 5.25 Å². The van der Waals surface area contributed by atoms with Crippen LogP contribution in [0, 0.1) is 0 Å². The molecule has 20 heavy (non-hydrogen) atoms. The minimum atomic E-state index is 0.0570. The predicted molar refractivity (Wildman–Crippen MR) is 81.1 cm³/mol. The van der Waals surface area contributed by atoms with Gasteiger partial charge in [-0.3, -0.25) is 0 Å². The highest BCUT2D eigenvalue weighted by Gasteiger charge is 2.17. The summed E-state index contributed by atoms with van der Waals surface area (Å²) in [5.74, 6) is 1.06. The Morgan fingerprint density at radius 3 is 3.00 bits per heavy atom. The maximum absolute atomic E-state index is 5.96. The third kappa shape index (κ3) is 3.03. The van der Waals surface area contributed by atoms with Crippen LogP contribution in [0.3, 0.4) is 0 Å². The molecule has 0 fully saturated rings. The quantitative estimate of drug-likeness (QED) is 0.651. The van der Waals surface area contributed by atoms with Crippen molar-refractivity contribution in [1.82, 2.24) is 15.2 Å². The Morgan fingerprint density at radius 1 is 1.35 bits per heavy atom. The van der Waals surface area contributed by atoms with Crippen LogP contribution in [0.25, 0.3) is 11.5 Å². The molecule has 0 aliphatic carbocycles. The first-order valence-electron chi connectivity index (χ1n) is 5.88. The van der Waals surface area contributed by atoms with Gasteiger partial charge in [0.2, 0.25) is 11.8 Å². The molecule has 1 aromatic carbocycles. The summed E-state index contributed by atoms with van der Waals surface area (Å²) < 4.78 is 6.70. The fraction of sp³-hybridized carbons (Fsp3) is 0.154. The average molecular weight is 324 g/mol. The molecular weight excluding hydrogens is 314 g/mol. The highest BCUT2D eigenvalue weighted by molar-refractivity contribution is 8.01. The summed E-state index contributed by atoms with van der Waals surface area (Å²) in [7, 11) is 0. The van der Waals surface area contributed by atoms with Gasteiger partial charge in [0.1, 0.15) is 0 Å². The predicted octanol–water partition coefficient (Wildman–Crippen LogP) is 4.70. The van der Waals surface area contributed by atoms with E-state index in [9.17, 15) is 0 Å². The van der Waals surface area contributed by atoms with E-state index < -0.39 is 0 Å². The molecule has 0 amide bonds. The number of hydrogen-bond acceptors (Lipinski definition) is 6. The summed E-state index contributed by atoms with van der Waals surface area (Å²) in [5, 5.41) is 10.8. The van der Waals surface area contributed by atoms with E-state index >= 15 is 0 Å². The van der Waals surface area contributed by atoms with Gasteiger partial charge in [-0.05, 0) is 25.1 Å². The maximum Gasteiger partial charge on any atom is 0.247 e. The van der Waals surface area contributed by atoms with Gasteiger partial charge in [-0.2, -0.15) is 0 Å². The van der Waals surface area contributed by atoms with Gasteiger partial charge < -0.3 is 4.42 Å². The smallest absolute Gasteiger partial charge is 0.247 e. The lowest BCUT2D eigenvalue weighted by atomic mass is 10.2. The second kappa shape index (κ2) is 5.95. The number of aromatic nitrogens is 3. The van der Waals surface area contributed by atoms with E-state index in [0.717, 1.165) is 9.90 Å². The van der Waals surface area contributed by atoms with Crippen LogP contribution in [-0.4, -0.2) is 15.2 Å². The second-order valence-electron chi connectivity index (χ2n) is 4.01. The molecule has 3 rings (SSSR count). The molecule has 4 nitrogen and oxygen atoms in total. The largest absolute Gasteiger partial charge is 0.419 e. The van der Waals surface area contributed by atoms with Crippen molar-refractivity contribution in [3.63, 3.8) is 0 Å². The summed E-state index contributed by atoms with van der Waals surface area (Å²) in [4.78, 5) is 4.23. The first-order valence-corrected chi connectivity index (χ1v) is 8.01. The number of halogens is 1. The minimum absolute atomic E-state index is 0.0570. The molecule has 3 aromatic rings. The molecule has 2 aromatic heterocycles. The van der Waals surface area contributed by atoms with Crippen LogP contribution in [0.5, 0.6) is 0 Å². The fourth-order valence-corrected chi connectivity index (χ4v) is 3.60. The average Bonchev–Trinajstić information content (AvgIpc) is 3.09. The number of thiazole rings is 1. The summed E-state index contributed by atoms with van der Waals surface area (Å²) in [6.45, 7) is 2.02. The Balaban J connectivity index is 1.79. The molecule has 2 heterocycles. The van der Waals surface area contributed by atoms with Crippen LogP contribution in [0.4, 0.5) is 0 Å². The van der Waals surface area contributed by atoms with Gasteiger partial charge in [-0.25, -0.2) is 4.98 Å². The van der Waals surface area contributed by atoms with Gasteiger partial charge in [0.25, 0.3) is 0 Å². The van der Waals surface area contributed by atoms with Crippen LogP contribution >= 0.6 is 34.7 Å². The third-order valence-corrected chi connectivity index (χ3v) is 4.79. The Morgan fingerprint density at radius 2 is 2.25 bits per heavy atom. The number of hydrogen-bond donors (Lipinski definition) is 0. The number of rotatable bonds is 4. The summed E-state index contributed by atoms with van der Waals surface area (Å²) in [6, 6.07) is 7.36. The zero-order valence-corrected chi connectivity index (χ0v) is 12.9. The Kier molecular flexibility index (Phi) is 4.05. The Hall–Kier alpha value is -1.37.